The molecule has 0 amide bonds. The average molecular weight is 178 g/mol. The Kier molecular flexibility index (Phi) is 4.66. The van der Waals surface area contributed by atoms with Crippen LogP contribution in [0.1, 0.15) is 25.7 Å². The van der Waals surface area contributed by atoms with Crippen LogP contribution >= 0.6 is 21.6 Å². The van der Waals surface area contributed by atoms with Gasteiger partial charge in [-0.05, 0) is 19.3 Å². The first kappa shape index (κ1) is 8.75. The van der Waals surface area contributed by atoms with Gasteiger partial charge in [-0.15, -0.1) is 0 Å². The quantitative estimate of drug-likeness (QED) is 0.527. The summed E-state index contributed by atoms with van der Waals surface area (Å²) in [5.74, 6) is 1.33. The molecule has 0 aromatic carbocycles. The van der Waals surface area contributed by atoms with Gasteiger partial charge in [0.15, 0.2) is 0 Å². The zero-order chi connectivity index (χ0) is 7.23. The third kappa shape index (κ3) is 3.17. The molecule has 1 atom stereocenters. The summed E-state index contributed by atoms with van der Waals surface area (Å²) in [7, 11) is 4.02. The molecule has 1 N–H and O–H groups in total. The molecular weight excluding hydrogens is 164 g/mol. The fraction of sp³-hybridized carbons (Fsp3) is 1.00. The molecule has 1 fully saturated rings. The van der Waals surface area contributed by atoms with Crippen molar-refractivity contribution in [2.75, 3.05) is 12.4 Å². The average Bonchev–Trinajstić information content (AvgIpc) is 2.41. The van der Waals surface area contributed by atoms with E-state index in [-0.39, 0.29) is 0 Å². The normalized spacial score (nSPS) is 25.5. The Morgan fingerprint density at radius 3 is 2.90 bits per heavy atom. The second-order valence-electron chi connectivity index (χ2n) is 2.55. The van der Waals surface area contributed by atoms with Crippen LogP contribution in [0, 0.1) is 0 Å². The predicted molar refractivity (Wildman–Crippen MR) is 49.4 cm³/mol. The van der Waals surface area contributed by atoms with Gasteiger partial charge in [0.05, 0.1) is 0 Å². The van der Waals surface area contributed by atoms with Crippen molar-refractivity contribution in [1.29, 1.82) is 0 Å². The number of hydrogen-bond acceptors (Lipinski definition) is 3. The van der Waals surface area contributed by atoms with Crippen molar-refractivity contribution in [3.63, 3.8) is 0 Å². The molecule has 0 radical (unpaired) electrons. The minimum absolute atomic E-state index is 0.366. The fourth-order valence-corrected chi connectivity index (χ4v) is 4.08. The lowest BCUT2D eigenvalue weighted by atomic mass is 10.1. The Balaban J connectivity index is 1.91. The molecule has 0 saturated carbocycles. The van der Waals surface area contributed by atoms with Crippen LogP contribution in [0.15, 0.2) is 0 Å². The molecule has 0 aliphatic carbocycles. The van der Waals surface area contributed by atoms with E-state index >= 15 is 0 Å². The highest BCUT2D eigenvalue weighted by Gasteiger charge is 2.15. The van der Waals surface area contributed by atoms with Crippen LogP contribution in [0.25, 0.3) is 0 Å². The van der Waals surface area contributed by atoms with E-state index in [1.165, 1.54) is 25.0 Å². The lowest BCUT2D eigenvalue weighted by Gasteiger charge is -2.04. The summed E-state index contributed by atoms with van der Waals surface area (Å²) in [6.45, 7) is 0.366. The first-order valence-electron chi connectivity index (χ1n) is 3.82. The Morgan fingerprint density at radius 1 is 1.40 bits per heavy atom. The third-order valence-electron chi connectivity index (χ3n) is 1.66. The summed E-state index contributed by atoms with van der Waals surface area (Å²) in [6.07, 6.45) is 4.87. The minimum Gasteiger partial charge on any atom is -0.396 e. The molecule has 0 aromatic rings. The molecule has 0 unspecified atom stereocenters. The lowest BCUT2D eigenvalue weighted by Crippen LogP contribution is -1.97. The van der Waals surface area contributed by atoms with Crippen LogP contribution in [0.2, 0.25) is 0 Å². The molecule has 1 aliphatic heterocycles. The van der Waals surface area contributed by atoms with Crippen LogP contribution in [-0.4, -0.2) is 22.7 Å². The third-order valence-corrected chi connectivity index (χ3v) is 4.67. The van der Waals surface area contributed by atoms with Crippen LogP contribution in [0.4, 0.5) is 0 Å². The fourth-order valence-electron chi connectivity index (χ4n) is 1.05. The molecule has 1 nitrogen and oxygen atoms in total. The smallest absolute Gasteiger partial charge is 0.0431 e. The largest absolute Gasteiger partial charge is 0.396 e. The van der Waals surface area contributed by atoms with Crippen molar-refractivity contribution < 1.29 is 5.11 Å². The van der Waals surface area contributed by atoms with Crippen molar-refractivity contribution in [2.24, 2.45) is 0 Å². The van der Waals surface area contributed by atoms with E-state index in [2.05, 4.69) is 0 Å². The van der Waals surface area contributed by atoms with Crippen molar-refractivity contribution in [3.8, 4) is 0 Å². The summed E-state index contributed by atoms with van der Waals surface area (Å²) >= 11 is 0. The van der Waals surface area contributed by atoms with Gasteiger partial charge < -0.3 is 5.11 Å². The topological polar surface area (TPSA) is 20.2 Å². The van der Waals surface area contributed by atoms with E-state index in [0.717, 1.165) is 11.7 Å². The summed E-state index contributed by atoms with van der Waals surface area (Å²) in [4.78, 5) is 0. The van der Waals surface area contributed by atoms with Crippen molar-refractivity contribution in [3.05, 3.63) is 0 Å². The maximum atomic E-state index is 8.53. The highest BCUT2D eigenvalue weighted by molar-refractivity contribution is 8.77. The van der Waals surface area contributed by atoms with Crippen LogP contribution in [0.3, 0.4) is 0 Å². The molecular formula is C7H14OS2. The number of hydrogen-bond donors (Lipinski definition) is 1. The monoisotopic (exact) mass is 178 g/mol. The maximum absolute atomic E-state index is 8.53. The van der Waals surface area contributed by atoms with E-state index in [4.69, 9.17) is 5.11 Å². The molecule has 0 bridgehead atoms. The predicted octanol–water partition coefficient (Wildman–Crippen LogP) is 2.30. The summed E-state index contributed by atoms with van der Waals surface area (Å²) in [6, 6.07) is 0. The number of aliphatic hydroxyl groups excluding tert-OH is 1. The number of rotatable bonds is 4. The second kappa shape index (κ2) is 5.33. The Bertz CT molecular complexity index is 81.7. The van der Waals surface area contributed by atoms with Crippen molar-refractivity contribution in [1.82, 2.24) is 0 Å². The first-order valence-corrected chi connectivity index (χ1v) is 6.21. The Labute approximate surface area is 70.4 Å². The summed E-state index contributed by atoms with van der Waals surface area (Å²) < 4.78 is 0. The van der Waals surface area contributed by atoms with Gasteiger partial charge in [-0.25, -0.2) is 0 Å². The first-order chi connectivity index (χ1) is 4.93. The van der Waals surface area contributed by atoms with Gasteiger partial charge in [-0.2, -0.15) is 0 Å². The van der Waals surface area contributed by atoms with E-state index in [0.29, 0.717) is 6.61 Å². The van der Waals surface area contributed by atoms with Gasteiger partial charge >= 0.3 is 0 Å². The summed E-state index contributed by atoms with van der Waals surface area (Å²) in [5, 5.41) is 9.41. The van der Waals surface area contributed by atoms with Gasteiger partial charge in [-0.1, -0.05) is 28.0 Å². The SMILES string of the molecule is OCCCC[C@@H]1CCSS1. The lowest BCUT2D eigenvalue weighted by molar-refractivity contribution is 0.283. The van der Waals surface area contributed by atoms with Crippen LogP contribution < -0.4 is 0 Å². The number of unbranched alkanes of at least 4 members (excludes halogenated alkanes) is 1. The highest BCUT2D eigenvalue weighted by Crippen LogP contribution is 2.39. The van der Waals surface area contributed by atoms with Crippen LogP contribution in [-0.2, 0) is 0 Å². The standard InChI is InChI=1S/C7H14OS2/c8-5-2-1-3-7-4-6-9-10-7/h7-8H,1-6H2/t7-/m1/s1. The highest BCUT2D eigenvalue weighted by atomic mass is 33.1. The van der Waals surface area contributed by atoms with Gasteiger partial charge in [-0.3, -0.25) is 0 Å². The minimum atomic E-state index is 0.366. The van der Waals surface area contributed by atoms with E-state index in [9.17, 15) is 0 Å². The zero-order valence-corrected chi connectivity index (χ0v) is 7.72. The maximum Gasteiger partial charge on any atom is 0.0431 e. The molecule has 60 valence electrons. The molecule has 1 saturated heterocycles. The molecule has 0 spiro atoms. The zero-order valence-electron chi connectivity index (χ0n) is 6.08. The van der Waals surface area contributed by atoms with Gasteiger partial charge in [0.1, 0.15) is 0 Å². The number of aliphatic hydroxyl groups is 1. The molecule has 1 heterocycles. The molecule has 0 aromatic heterocycles. The molecule has 1 rings (SSSR count). The molecule has 1 aliphatic rings. The molecule has 3 heteroatoms. The van der Waals surface area contributed by atoms with E-state index < -0.39 is 0 Å². The Morgan fingerprint density at radius 2 is 2.30 bits per heavy atom. The van der Waals surface area contributed by atoms with E-state index in [1.54, 1.807) is 0 Å². The van der Waals surface area contributed by atoms with Gasteiger partial charge in [0, 0.05) is 17.6 Å². The van der Waals surface area contributed by atoms with Crippen molar-refractivity contribution >= 4 is 21.6 Å². The van der Waals surface area contributed by atoms with Gasteiger partial charge in [0.2, 0.25) is 0 Å². The van der Waals surface area contributed by atoms with Gasteiger partial charge in [0.25, 0.3) is 0 Å². The Hall–Kier alpha value is 0.660. The van der Waals surface area contributed by atoms with Crippen LogP contribution in [0.5, 0.6) is 0 Å². The summed E-state index contributed by atoms with van der Waals surface area (Å²) in [5.41, 5.74) is 0. The van der Waals surface area contributed by atoms with Crippen molar-refractivity contribution in [2.45, 2.75) is 30.9 Å². The van der Waals surface area contributed by atoms with E-state index in [1.807, 2.05) is 21.6 Å². The molecule has 10 heavy (non-hydrogen) atoms. The second-order valence-corrected chi connectivity index (χ2v) is 5.34.